The first kappa shape index (κ1) is 37.6. The molecule has 0 fully saturated rings. The van der Waals surface area contributed by atoms with Gasteiger partial charge in [0.25, 0.3) is 0 Å². The average molecular weight is 921 g/mol. The van der Waals surface area contributed by atoms with Crippen LogP contribution in [0, 0.1) is 24.0 Å². The maximum Gasteiger partial charge on any atom is 0.161 e. The fourth-order valence-corrected chi connectivity index (χ4v) is 7.89. The van der Waals surface area contributed by atoms with Crippen molar-refractivity contribution in [1.29, 1.82) is 5.26 Å². The molecule has 9 aromatic rings. The van der Waals surface area contributed by atoms with Crippen molar-refractivity contribution in [2.24, 2.45) is 0 Å². The fourth-order valence-electron chi connectivity index (χ4n) is 7.89. The number of pyridine rings is 1. The third kappa shape index (κ3) is 6.32. The Bertz CT molecular complexity index is 3080. The maximum atomic E-state index is 9.95. The molecule has 281 valence electrons. The number of furan rings is 2. The Balaban J connectivity index is 0.00000455. The van der Waals surface area contributed by atoms with E-state index in [1.807, 2.05) is 22.9 Å². The predicted molar refractivity (Wildman–Crippen MR) is 224 cm³/mol. The largest absolute Gasteiger partial charge is 0.455 e. The molecule has 0 bridgehead atoms. The molecule has 0 aliphatic heterocycles. The molecule has 4 heterocycles. The van der Waals surface area contributed by atoms with Gasteiger partial charge in [0.15, 0.2) is 5.58 Å². The van der Waals surface area contributed by atoms with Gasteiger partial charge in [-0.25, -0.2) is 0 Å². The zero-order valence-corrected chi connectivity index (χ0v) is 34.8. The number of rotatable bonds is 7. The monoisotopic (exact) mass is 921 g/mol. The minimum Gasteiger partial charge on any atom is -0.455 e. The maximum absolute atomic E-state index is 9.95. The summed E-state index contributed by atoms with van der Waals surface area (Å²) in [7, 11) is 0. The van der Waals surface area contributed by atoms with Crippen LogP contribution in [-0.4, -0.2) is 14.5 Å². The standard InChI is InChI=1S/C49H38N5O2.Ir/c1-27(2)30-14-16-43-41(21-30)37-13-9-12-36(47(37)55-43)38-18-19-52-45-42-22-31(15-17-44(42)56-48(38)45)33-23-39(28(3)4)46(40(24-33)29(5)6)54-26-35(25-50)53-49(54)32-10-8-11-34(20-32)51-7;/h8-9,11-24,26-29H,1-6H3;/q-1;. The van der Waals surface area contributed by atoms with Gasteiger partial charge >= 0.3 is 0 Å². The molecular formula is C49H38IrN5O2-. The number of hydrogen-bond acceptors (Lipinski definition) is 5. The molecule has 57 heavy (non-hydrogen) atoms. The van der Waals surface area contributed by atoms with Crippen molar-refractivity contribution in [3.8, 4) is 45.4 Å². The van der Waals surface area contributed by atoms with E-state index in [1.165, 1.54) is 5.56 Å². The van der Waals surface area contributed by atoms with E-state index in [0.717, 1.165) is 83.1 Å². The fraction of sp³-hybridized carbons (Fsp3) is 0.184. The molecule has 0 aliphatic carbocycles. The topological polar surface area (TPSA) is 85.1 Å². The molecule has 8 heteroatoms. The van der Waals surface area contributed by atoms with Crippen LogP contribution in [0.3, 0.4) is 0 Å². The third-order valence-electron chi connectivity index (χ3n) is 10.8. The second kappa shape index (κ2) is 14.6. The summed E-state index contributed by atoms with van der Waals surface area (Å²) < 4.78 is 15.2. The Morgan fingerprint density at radius 2 is 1.47 bits per heavy atom. The van der Waals surface area contributed by atoms with Gasteiger partial charge in [-0.1, -0.05) is 71.9 Å². The molecule has 0 N–H and O–H groups in total. The Kier molecular flexibility index (Phi) is 9.66. The van der Waals surface area contributed by atoms with Gasteiger partial charge in [0.05, 0.1) is 12.4 Å². The van der Waals surface area contributed by atoms with Crippen molar-refractivity contribution in [3.63, 3.8) is 0 Å². The van der Waals surface area contributed by atoms with Crippen LogP contribution >= 0.6 is 0 Å². The summed E-state index contributed by atoms with van der Waals surface area (Å²) in [6, 6.07) is 36.3. The van der Waals surface area contributed by atoms with E-state index < -0.39 is 0 Å². The van der Waals surface area contributed by atoms with Crippen LogP contribution in [0.2, 0.25) is 0 Å². The van der Waals surface area contributed by atoms with Crippen LogP contribution in [0.1, 0.15) is 81.7 Å². The number of aromatic nitrogens is 3. The summed E-state index contributed by atoms with van der Waals surface area (Å²) in [5.41, 5.74) is 14.0. The van der Waals surface area contributed by atoms with Crippen LogP contribution < -0.4 is 0 Å². The number of para-hydroxylation sites is 1. The number of nitrogens with zero attached hydrogens (tertiary/aromatic N) is 5. The minimum atomic E-state index is 0. The van der Waals surface area contributed by atoms with E-state index >= 15 is 0 Å². The summed E-state index contributed by atoms with van der Waals surface area (Å²) in [6.45, 7) is 20.7. The van der Waals surface area contributed by atoms with Crippen molar-refractivity contribution in [3.05, 3.63) is 143 Å². The molecule has 7 nitrogen and oxygen atoms in total. The minimum absolute atomic E-state index is 0. The number of fused-ring (bicyclic) bond motifs is 6. The average Bonchev–Trinajstić information content (AvgIpc) is 3.93. The van der Waals surface area contributed by atoms with Gasteiger partial charge in [0, 0.05) is 65.5 Å². The van der Waals surface area contributed by atoms with Gasteiger partial charge in [-0.05, 0) is 88.0 Å². The number of benzene rings is 5. The van der Waals surface area contributed by atoms with Crippen molar-refractivity contribution in [1.82, 2.24) is 14.5 Å². The first-order valence-corrected chi connectivity index (χ1v) is 19.0. The Morgan fingerprint density at radius 1 is 0.754 bits per heavy atom. The third-order valence-corrected chi connectivity index (χ3v) is 10.8. The SMILES string of the molecule is [C-]#[N+]c1cc[c-]c(-c2nc(C#N)cn2-c2c(C(C)C)cc(-c3ccc4oc5c(-c6cccc7c6oc6ccc(C(C)C)cc67)ccnc5c4c3)cc2C(C)C)c1.[Ir]. The second-order valence-electron chi connectivity index (χ2n) is 15.4. The number of nitriles is 1. The zero-order valence-electron chi connectivity index (χ0n) is 32.4. The van der Waals surface area contributed by atoms with Crippen LogP contribution in [0.25, 0.3) is 88.2 Å². The van der Waals surface area contributed by atoms with Crippen LogP contribution in [0.4, 0.5) is 5.69 Å². The molecule has 5 aromatic carbocycles. The Hall–Kier alpha value is -6.31. The number of hydrogen-bond donors (Lipinski definition) is 0. The van der Waals surface area contributed by atoms with Gasteiger partial charge in [-0.3, -0.25) is 14.8 Å². The molecular weight excluding hydrogens is 883 g/mol. The molecule has 0 atom stereocenters. The van der Waals surface area contributed by atoms with Crippen molar-refractivity contribution < 1.29 is 28.9 Å². The molecule has 0 aliphatic rings. The molecule has 0 unspecified atom stereocenters. The van der Waals surface area contributed by atoms with Crippen molar-refractivity contribution >= 4 is 49.7 Å². The van der Waals surface area contributed by atoms with E-state index in [2.05, 4.69) is 119 Å². The normalized spacial score (nSPS) is 11.6. The van der Waals surface area contributed by atoms with E-state index in [9.17, 15) is 5.26 Å². The van der Waals surface area contributed by atoms with Crippen molar-refractivity contribution in [2.45, 2.75) is 59.3 Å². The first-order chi connectivity index (χ1) is 27.1. The molecule has 9 rings (SSSR count). The van der Waals surface area contributed by atoms with Gasteiger partial charge in [-0.15, -0.1) is 23.8 Å². The first-order valence-electron chi connectivity index (χ1n) is 19.0. The molecule has 0 saturated heterocycles. The number of imidazole rings is 1. The van der Waals surface area contributed by atoms with Gasteiger partial charge in [0.1, 0.15) is 39.7 Å². The summed E-state index contributed by atoms with van der Waals surface area (Å²) in [5, 5.41) is 13.1. The molecule has 0 saturated carbocycles. The van der Waals surface area contributed by atoms with E-state index in [1.54, 1.807) is 24.4 Å². The van der Waals surface area contributed by atoms with Gasteiger partial charge in [0.2, 0.25) is 0 Å². The molecule has 0 amide bonds. The Labute approximate surface area is 344 Å². The smallest absolute Gasteiger partial charge is 0.161 e. The van der Waals surface area contributed by atoms with Crippen LogP contribution in [-0.2, 0) is 20.1 Å². The second-order valence-corrected chi connectivity index (χ2v) is 15.4. The van der Waals surface area contributed by atoms with Crippen molar-refractivity contribution in [2.75, 3.05) is 0 Å². The van der Waals surface area contributed by atoms with Crippen LogP contribution in [0.15, 0.2) is 112 Å². The van der Waals surface area contributed by atoms with E-state index in [-0.39, 0.29) is 31.9 Å². The van der Waals surface area contributed by atoms with E-state index in [4.69, 9.17) is 25.4 Å². The Morgan fingerprint density at radius 3 is 2.19 bits per heavy atom. The van der Waals surface area contributed by atoms with Crippen LogP contribution in [0.5, 0.6) is 0 Å². The summed E-state index contributed by atoms with van der Waals surface area (Å²) >= 11 is 0. The van der Waals surface area contributed by atoms with Gasteiger partial charge in [-0.2, -0.15) is 11.3 Å². The van der Waals surface area contributed by atoms with Gasteiger partial charge < -0.3 is 13.4 Å². The summed E-state index contributed by atoms with van der Waals surface area (Å²) in [6.07, 6.45) is 3.64. The zero-order chi connectivity index (χ0) is 38.8. The molecule has 1 radical (unpaired) electrons. The summed E-state index contributed by atoms with van der Waals surface area (Å²) in [4.78, 5) is 13.2. The quantitative estimate of drug-likeness (QED) is 0.149. The predicted octanol–water partition coefficient (Wildman–Crippen LogP) is 13.7. The molecule has 0 spiro atoms. The summed E-state index contributed by atoms with van der Waals surface area (Å²) in [5.74, 6) is 1.28. The van der Waals surface area contributed by atoms with E-state index in [0.29, 0.717) is 28.7 Å². The molecule has 4 aromatic heterocycles.